The predicted molar refractivity (Wildman–Crippen MR) is 143 cm³/mol. The van der Waals surface area contributed by atoms with Crippen molar-refractivity contribution in [1.82, 2.24) is 14.1 Å². The van der Waals surface area contributed by atoms with E-state index in [9.17, 15) is 0 Å². The SMILES string of the molecule is [B]c1ccc2c(c1)c1ccccc1n2-c1nccc2c3ccccc3n(Cc3ccccc3)c12. The van der Waals surface area contributed by atoms with Gasteiger partial charge in [-0.05, 0) is 29.8 Å². The lowest BCUT2D eigenvalue weighted by Gasteiger charge is -2.13. The monoisotopic (exact) mass is 433 g/mol. The molecular formula is C30H20BN3. The van der Waals surface area contributed by atoms with Crippen molar-refractivity contribution in [2.75, 3.05) is 0 Å². The fourth-order valence-electron chi connectivity index (χ4n) is 5.30. The number of hydrogen-bond acceptors (Lipinski definition) is 1. The third-order valence-corrected chi connectivity index (χ3v) is 6.75. The number of benzene rings is 4. The van der Waals surface area contributed by atoms with E-state index in [1.54, 1.807) is 0 Å². The van der Waals surface area contributed by atoms with Crippen molar-refractivity contribution in [2.45, 2.75) is 6.54 Å². The van der Waals surface area contributed by atoms with Gasteiger partial charge in [-0.1, -0.05) is 84.3 Å². The van der Waals surface area contributed by atoms with Crippen molar-refractivity contribution < 1.29 is 0 Å². The van der Waals surface area contributed by atoms with Gasteiger partial charge in [0, 0.05) is 39.8 Å². The zero-order valence-electron chi connectivity index (χ0n) is 18.5. The minimum atomic E-state index is 0.764. The molecule has 3 aromatic heterocycles. The van der Waals surface area contributed by atoms with Crippen LogP contribution in [0.1, 0.15) is 5.56 Å². The minimum absolute atomic E-state index is 0.764. The summed E-state index contributed by atoms with van der Waals surface area (Å²) in [6.07, 6.45) is 1.93. The molecule has 0 saturated heterocycles. The Hall–Kier alpha value is -4.31. The molecule has 34 heavy (non-hydrogen) atoms. The quantitative estimate of drug-likeness (QED) is 0.308. The fourth-order valence-corrected chi connectivity index (χ4v) is 5.30. The van der Waals surface area contributed by atoms with Crippen molar-refractivity contribution in [3.05, 3.63) is 115 Å². The van der Waals surface area contributed by atoms with E-state index in [4.69, 9.17) is 12.8 Å². The Morgan fingerprint density at radius 2 is 1.29 bits per heavy atom. The lowest BCUT2D eigenvalue weighted by molar-refractivity contribution is 0.861. The maximum atomic E-state index is 6.19. The summed E-state index contributed by atoms with van der Waals surface area (Å²) >= 11 is 0. The molecule has 3 nitrogen and oxygen atoms in total. The molecule has 0 aliphatic heterocycles. The Bertz CT molecular complexity index is 1840. The molecule has 3 heterocycles. The van der Waals surface area contributed by atoms with Crippen molar-refractivity contribution in [3.8, 4) is 5.82 Å². The molecule has 0 amide bonds. The van der Waals surface area contributed by atoms with Crippen LogP contribution in [0.2, 0.25) is 0 Å². The molecule has 7 aromatic rings. The number of rotatable bonds is 3. The summed E-state index contributed by atoms with van der Waals surface area (Å²) in [4.78, 5) is 4.98. The van der Waals surface area contributed by atoms with Gasteiger partial charge in [-0.2, -0.15) is 0 Å². The number of aromatic nitrogens is 3. The second kappa shape index (κ2) is 7.36. The smallest absolute Gasteiger partial charge is 0.162 e. The number of nitrogens with zero attached hydrogens (tertiary/aromatic N) is 3. The molecular weight excluding hydrogens is 413 g/mol. The molecule has 0 fully saturated rings. The molecule has 0 N–H and O–H groups in total. The zero-order valence-corrected chi connectivity index (χ0v) is 18.5. The molecule has 0 atom stereocenters. The van der Waals surface area contributed by atoms with Crippen LogP contribution in [0, 0.1) is 0 Å². The van der Waals surface area contributed by atoms with Crippen molar-refractivity contribution in [2.24, 2.45) is 0 Å². The average Bonchev–Trinajstić information content (AvgIpc) is 3.38. The molecule has 7 rings (SSSR count). The zero-order chi connectivity index (χ0) is 22.6. The second-order valence-electron chi connectivity index (χ2n) is 8.75. The van der Waals surface area contributed by atoms with E-state index in [1.807, 2.05) is 12.3 Å². The van der Waals surface area contributed by atoms with Gasteiger partial charge >= 0.3 is 0 Å². The largest absolute Gasteiger partial charge is 0.333 e. The lowest BCUT2D eigenvalue weighted by atomic mass is 9.94. The number of pyridine rings is 1. The molecule has 0 unspecified atom stereocenters. The van der Waals surface area contributed by atoms with Gasteiger partial charge in [0.2, 0.25) is 0 Å². The van der Waals surface area contributed by atoms with Crippen LogP contribution in [-0.2, 0) is 6.54 Å². The van der Waals surface area contributed by atoms with E-state index >= 15 is 0 Å². The summed E-state index contributed by atoms with van der Waals surface area (Å²) in [5.41, 5.74) is 6.59. The van der Waals surface area contributed by atoms with Crippen molar-refractivity contribution >= 4 is 56.9 Å². The molecule has 0 aliphatic carbocycles. The van der Waals surface area contributed by atoms with E-state index in [-0.39, 0.29) is 0 Å². The van der Waals surface area contributed by atoms with Crippen molar-refractivity contribution in [1.29, 1.82) is 0 Å². The highest BCUT2D eigenvalue weighted by Gasteiger charge is 2.20. The molecule has 0 spiro atoms. The van der Waals surface area contributed by atoms with Gasteiger partial charge in [0.1, 0.15) is 7.85 Å². The Kier molecular flexibility index (Phi) is 4.15. The first kappa shape index (κ1) is 19.2. The number of fused-ring (bicyclic) bond motifs is 6. The van der Waals surface area contributed by atoms with Gasteiger partial charge < -0.3 is 4.57 Å². The van der Waals surface area contributed by atoms with Gasteiger partial charge in [-0.25, -0.2) is 4.98 Å². The van der Waals surface area contributed by atoms with E-state index in [1.165, 1.54) is 27.2 Å². The Labute approximate surface area is 198 Å². The summed E-state index contributed by atoms with van der Waals surface area (Å²) < 4.78 is 4.69. The van der Waals surface area contributed by atoms with Crippen LogP contribution in [0.4, 0.5) is 0 Å². The van der Waals surface area contributed by atoms with Crippen LogP contribution >= 0.6 is 0 Å². The van der Waals surface area contributed by atoms with Gasteiger partial charge in [-0.3, -0.25) is 4.57 Å². The standard InChI is InChI=1S/C30H20BN3/c31-21-14-15-28-25(18-21)23-11-5-7-13-27(23)34(28)30-29-24(16-17-32-30)22-10-4-6-12-26(22)33(29)19-20-8-2-1-3-9-20/h1-18H,19H2. The molecule has 2 radical (unpaired) electrons. The van der Waals surface area contributed by atoms with Crippen LogP contribution in [-0.4, -0.2) is 22.0 Å². The minimum Gasteiger partial charge on any atom is -0.333 e. The van der Waals surface area contributed by atoms with Gasteiger partial charge in [0.05, 0.1) is 16.6 Å². The Morgan fingerprint density at radius 1 is 0.618 bits per heavy atom. The summed E-state index contributed by atoms with van der Waals surface area (Å²) in [5.74, 6) is 0.931. The maximum Gasteiger partial charge on any atom is 0.162 e. The summed E-state index contributed by atoms with van der Waals surface area (Å²) in [5, 5.41) is 4.76. The highest BCUT2D eigenvalue weighted by atomic mass is 15.1. The fraction of sp³-hybridized carbons (Fsp3) is 0.0333. The van der Waals surface area contributed by atoms with Gasteiger partial charge in [0.15, 0.2) is 5.82 Å². The lowest BCUT2D eigenvalue weighted by Crippen LogP contribution is -2.05. The maximum absolute atomic E-state index is 6.19. The summed E-state index contributed by atoms with van der Waals surface area (Å²) in [6, 6.07) is 36.0. The third kappa shape index (κ3) is 2.75. The van der Waals surface area contributed by atoms with E-state index in [0.29, 0.717) is 0 Å². The average molecular weight is 433 g/mol. The van der Waals surface area contributed by atoms with Crippen LogP contribution in [0.15, 0.2) is 109 Å². The first-order valence-electron chi connectivity index (χ1n) is 11.5. The molecule has 0 saturated carbocycles. The van der Waals surface area contributed by atoms with Gasteiger partial charge in [-0.15, -0.1) is 0 Å². The van der Waals surface area contributed by atoms with Gasteiger partial charge in [0.25, 0.3) is 0 Å². The molecule has 0 aliphatic rings. The van der Waals surface area contributed by atoms with E-state index < -0.39 is 0 Å². The molecule has 4 aromatic carbocycles. The summed E-state index contributed by atoms with van der Waals surface area (Å²) in [6.45, 7) is 0.771. The second-order valence-corrected chi connectivity index (χ2v) is 8.75. The van der Waals surface area contributed by atoms with Crippen LogP contribution in [0.25, 0.3) is 49.4 Å². The normalized spacial score (nSPS) is 11.8. The molecule has 4 heteroatoms. The highest BCUT2D eigenvalue weighted by Crippen LogP contribution is 2.37. The first-order valence-corrected chi connectivity index (χ1v) is 11.5. The highest BCUT2D eigenvalue weighted by molar-refractivity contribution is 6.34. The predicted octanol–water partition coefficient (Wildman–Crippen LogP) is 6.13. The number of hydrogen-bond donors (Lipinski definition) is 0. The summed E-state index contributed by atoms with van der Waals surface area (Å²) in [7, 11) is 6.19. The Morgan fingerprint density at radius 3 is 2.12 bits per heavy atom. The van der Waals surface area contributed by atoms with Crippen LogP contribution < -0.4 is 5.46 Å². The molecule has 158 valence electrons. The topological polar surface area (TPSA) is 22.8 Å². The van der Waals surface area contributed by atoms with E-state index in [2.05, 4.69) is 106 Å². The first-order chi connectivity index (χ1) is 16.8. The third-order valence-electron chi connectivity index (χ3n) is 6.75. The van der Waals surface area contributed by atoms with E-state index in [0.717, 1.165) is 39.8 Å². The van der Waals surface area contributed by atoms with Crippen molar-refractivity contribution in [3.63, 3.8) is 0 Å². The van der Waals surface area contributed by atoms with Crippen LogP contribution in [0.5, 0.6) is 0 Å². The number of para-hydroxylation sites is 2. The molecule has 0 bridgehead atoms. The van der Waals surface area contributed by atoms with Crippen LogP contribution in [0.3, 0.4) is 0 Å². The Balaban J connectivity index is 1.64.